The number of hydrogen-bond acceptors (Lipinski definition) is 33. The maximum atomic E-state index is 13.2. The van der Waals surface area contributed by atoms with Crippen LogP contribution in [0.15, 0.2) is 209 Å². The van der Waals surface area contributed by atoms with Crippen molar-refractivity contribution in [1.29, 1.82) is 0 Å². The van der Waals surface area contributed by atoms with Gasteiger partial charge in [0, 0.05) is 146 Å². The normalized spacial score (nSPS) is 14.1. The molecule has 3 fully saturated rings. The number of carbonyl (C=O) groups excluding carboxylic acids is 5. The van der Waals surface area contributed by atoms with Gasteiger partial charge in [0.2, 0.25) is 0 Å². The number of sulfone groups is 3. The molecule has 0 atom stereocenters. The molecule has 3 aliphatic rings. The van der Waals surface area contributed by atoms with E-state index in [1.165, 1.54) is 60.0 Å². The summed E-state index contributed by atoms with van der Waals surface area (Å²) in [5.74, 6) is 2.97. The number of hydrogen-bond donors (Lipinski definition) is 9. The van der Waals surface area contributed by atoms with Crippen LogP contribution in [0.5, 0.6) is 46.0 Å². The number of amides is 8. The first-order valence-corrected chi connectivity index (χ1v) is 53.3. The van der Waals surface area contributed by atoms with Crippen LogP contribution in [0.25, 0.3) is 10.3 Å². The Morgan fingerprint density at radius 3 is 1.04 bits per heavy atom. The van der Waals surface area contributed by atoms with Gasteiger partial charge in [-0.15, -0.1) is 0 Å². The Kier molecular flexibility index (Phi) is 37.0. The van der Waals surface area contributed by atoms with Crippen LogP contribution in [-0.4, -0.2) is 208 Å². The lowest BCUT2D eigenvalue weighted by Gasteiger charge is -2.26. The van der Waals surface area contributed by atoms with E-state index >= 15 is 0 Å². The van der Waals surface area contributed by atoms with E-state index in [9.17, 15) is 68.7 Å². The van der Waals surface area contributed by atoms with Crippen LogP contribution < -0.4 is 72.4 Å². The van der Waals surface area contributed by atoms with Crippen molar-refractivity contribution in [3.63, 3.8) is 0 Å². The molecule has 0 saturated carbocycles. The highest BCUT2D eigenvalue weighted by atomic mass is 32.2. The van der Waals surface area contributed by atoms with Gasteiger partial charge in [-0.3, -0.25) is 55.4 Å². The number of urea groups is 3. The summed E-state index contributed by atoms with van der Waals surface area (Å²) < 4.78 is 95.5. The molecule has 0 radical (unpaired) electrons. The molecule has 46 heteroatoms. The standard InChI is InChI=1S/2C24H27N5O5S2.C22H24N4O4S.C13H14N2O.C9H10N2O3S.C4H9NO2S/c2*1-24(2,3)22-27-19(21(30)29-12-14-36(32,33)15-13-29)20(35-22)28-23(31)26-16-4-6-17(7-5-16)34-18-8-10-25-11-9-18;1-5-26(14-6-8-15(9-7-14)30-16-10-12-23-13-11-16)21(29)25-18-17(19(27)28)24-20(31-18)22(2,3)4;1-2-15-11-3-5-12(6-4-11)16-13-7-9-14-10-8-13;1-9(2,3)7-10-4-5(15-7)11-8(13)14-6(4)12;6-8(7)3-1-5-2-4-8/h2*4-11H,12-15H2,1-3H3,(H2,26,28,31);6-13H,5H2,1-4H3,(H,25,29)(H,27,28);3-10,15H,2H2,1H3;1-3H3,(H,11,13);5H,1-4H2. The number of benzene rings is 4. The fourth-order valence-corrected chi connectivity index (χ4v) is 20.1. The van der Waals surface area contributed by atoms with Gasteiger partial charge in [-0.1, -0.05) is 128 Å². The number of ether oxygens (including phenoxy) is 4. The molecule has 0 unspecified atom stereocenters. The van der Waals surface area contributed by atoms with Crippen molar-refractivity contribution in [1.82, 2.24) is 60.0 Å². The molecule has 16 rings (SSSR count). The van der Waals surface area contributed by atoms with E-state index in [4.69, 9.17) is 18.9 Å². The average Bonchev–Trinajstić information content (AvgIpc) is 1.65. The third-order valence-electron chi connectivity index (χ3n) is 20.1. The fraction of sp³-hybridized carbons (Fsp3) is 0.333. The Hall–Kier alpha value is -14.0. The molecule has 4 aromatic carbocycles. The van der Waals surface area contributed by atoms with E-state index in [0.717, 1.165) is 28.7 Å². The smallest absolute Gasteiger partial charge is 0.420 e. The molecule has 3 aliphatic heterocycles. The van der Waals surface area contributed by atoms with Gasteiger partial charge in [0.05, 0.1) is 34.5 Å². The molecular weight excluding hydrogens is 1960 g/mol. The van der Waals surface area contributed by atoms with E-state index < -0.39 is 76.8 Å². The molecule has 12 heterocycles. The summed E-state index contributed by atoms with van der Waals surface area (Å²) in [5, 5.41) is 33.0. The second-order valence-corrected chi connectivity index (χ2v) is 46.7. The molecule has 9 N–H and O–H groups in total. The van der Waals surface area contributed by atoms with E-state index in [2.05, 4.69) is 93.4 Å². The number of aromatic nitrogens is 9. The quantitative estimate of drug-likeness (QED) is 0.0342. The molecule has 142 heavy (non-hydrogen) atoms. The average molecular weight is 2080 g/mol. The van der Waals surface area contributed by atoms with Crippen molar-refractivity contribution in [2.24, 2.45) is 0 Å². The van der Waals surface area contributed by atoms with Crippen LogP contribution >= 0.6 is 45.3 Å². The molecule has 3 saturated heterocycles. The highest BCUT2D eigenvalue weighted by Crippen LogP contribution is 2.39. The molecule has 0 bridgehead atoms. The monoisotopic (exact) mass is 2070 g/mol. The van der Waals surface area contributed by atoms with E-state index in [0.29, 0.717) is 113 Å². The fourth-order valence-electron chi connectivity index (χ4n) is 12.6. The lowest BCUT2D eigenvalue weighted by molar-refractivity contribution is 0.0689. The number of H-pyrrole nitrogens is 1. The molecule has 752 valence electrons. The first-order chi connectivity index (χ1) is 67.1. The Bertz CT molecular complexity index is 6730. The van der Waals surface area contributed by atoms with Gasteiger partial charge in [0.1, 0.15) is 85.9 Å². The van der Waals surface area contributed by atoms with Crippen molar-refractivity contribution in [3.05, 3.63) is 253 Å². The van der Waals surface area contributed by atoms with Gasteiger partial charge < -0.3 is 59.5 Å². The van der Waals surface area contributed by atoms with Crippen molar-refractivity contribution >= 4 is 159 Å². The maximum absolute atomic E-state index is 13.2. The summed E-state index contributed by atoms with van der Waals surface area (Å²) in [7, 11) is -8.92. The van der Waals surface area contributed by atoms with E-state index in [1.807, 2.05) is 126 Å². The van der Waals surface area contributed by atoms with Crippen molar-refractivity contribution < 1.29 is 82.5 Å². The van der Waals surface area contributed by atoms with E-state index in [1.54, 1.807) is 159 Å². The van der Waals surface area contributed by atoms with Crippen LogP contribution in [0, 0.1) is 0 Å². The zero-order chi connectivity index (χ0) is 103. The molecule has 13 aromatic rings. The summed E-state index contributed by atoms with van der Waals surface area (Å²) in [4.78, 5) is 139. The summed E-state index contributed by atoms with van der Waals surface area (Å²) in [6.07, 6.45) is 13.2. The van der Waals surface area contributed by atoms with Gasteiger partial charge in [-0.2, -0.15) is 0 Å². The molecule has 0 aliphatic carbocycles. The van der Waals surface area contributed by atoms with Gasteiger partial charge in [-0.25, -0.2) is 74.0 Å². The molecule has 8 amide bonds. The van der Waals surface area contributed by atoms with Crippen molar-refractivity contribution in [2.75, 3.05) is 124 Å². The largest absolute Gasteiger partial charge is 0.476 e. The predicted octanol–water partition coefficient (Wildman–Crippen LogP) is 17.2. The van der Waals surface area contributed by atoms with Crippen LogP contribution in [0.2, 0.25) is 0 Å². The number of anilines is 7. The Balaban J connectivity index is 0.000000171. The number of carboxylic acid groups (broad SMARTS) is 1. The first-order valence-electron chi connectivity index (χ1n) is 44.6. The lowest BCUT2D eigenvalue weighted by Crippen LogP contribution is -2.44. The molecule has 0 spiro atoms. The zero-order valence-corrected chi connectivity index (χ0v) is 86.1. The number of rotatable bonds is 20. The minimum atomic E-state index is -3.14. The predicted molar refractivity (Wildman–Crippen MR) is 552 cm³/mol. The Morgan fingerprint density at radius 2 is 0.718 bits per heavy atom. The Labute approximate surface area is 837 Å². The SMILES string of the molecule is CC(C)(C)c1nc(C(=O)N2CCS(=O)(=O)CC2)c(NC(=O)Nc2ccc(Oc3ccncc3)cc2)s1.CC(C)(C)c1nc(C(=O)N2CCS(=O)(=O)CC2)c(NC(=O)Nc2ccc(Oc3ccncc3)cc2)s1.CC(C)(C)c1nc2c(=O)oc(=O)[nH]c2s1.CCN(C(=O)Nc1sc(C(C)(C)C)nc1C(=O)O)c1ccc(Oc2ccncc2)cc1.CCNc1ccc(Oc2ccncc2)cc1.O=S1(=O)CCNCC1. The first kappa shape index (κ1) is 108. The summed E-state index contributed by atoms with van der Waals surface area (Å²) in [6.45, 7) is 30.5. The molecule has 9 aromatic heterocycles. The van der Waals surface area contributed by atoms with Crippen LogP contribution in [0.4, 0.5) is 52.1 Å². The van der Waals surface area contributed by atoms with Crippen LogP contribution in [0.3, 0.4) is 0 Å². The summed E-state index contributed by atoms with van der Waals surface area (Å²) in [6, 6.07) is 41.3. The maximum Gasteiger partial charge on any atom is 0.420 e. The summed E-state index contributed by atoms with van der Waals surface area (Å²) >= 11 is 4.93. The molecular formula is C96H111N19O20S7. The number of aromatic amines is 1. The highest BCUT2D eigenvalue weighted by Gasteiger charge is 2.36. The number of aromatic carboxylic acids is 1. The van der Waals surface area contributed by atoms with Crippen LogP contribution in [0.1, 0.15) is 148 Å². The highest BCUT2D eigenvalue weighted by molar-refractivity contribution is 7.92. The third kappa shape index (κ3) is 32.8. The van der Waals surface area contributed by atoms with Crippen LogP contribution in [-0.2, 0) is 51.2 Å². The number of thiazole rings is 4. The van der Waals surface area contributed by atoms with E-state index in [-0.39, 0.29) is 98.4 Å². The lowest BCUT2D eigenvalue weighted by atomic mass is 9.98. The number of fused-ring (bicyclic) bond motifs is 1. The number of carbonyl (C=O) groups is 6. The second kappa shape index (κ2) is 48.4. The topological polar surface area (TPSA) is 522 Å². The molecule has 39 nitrogen and oxygen atoms in total. The zero-order valence-electron chi connectivity index (χ0n) is 80.4. The van der Waals surface area contributed by atoms with Gasteiger partial charge in [0.25, 0.3) is 11.8 Å². The van der Waals surface area contributed by atoms with Crippen molar-refractivity contribution in [3.8, 4) is 46.0 Å². The number of carboxylic acids is 1. The number of pyridine rings is 4. The third-order valence-corrected chi connectivity index (χ3v) is 30.6. The van der Waals surface area contributed by atoms with Crippen molar-refractivity contribution in [2.45, 2.75) is 119 Å². The van der Waals surface area contributed by atoms with Gasteiger partial charge in [-0.05, 0) is 159 Å². The Morgan fingerprint density at radius 1 is 0.408 bits per heavy atom. The minimum absolute atomic E-state index is 0.0842. The number of nitrogens with zero attached hydrogens (tertiary/aromatic N) is 11. The van der Waals surface area contributed by atoms with Gasteiger partial charge >= 0.3 is 35.4 Å². The second-order valence-electron chi connectivity index (χ2n) is 35.8. The minimum Gasteiger partial charge on any atom is -0.476 e. The summed E-state index contributed by atoms with van der Waals surface area (Å²) in [5.41, 5.74) is 1.25. The van der Waals surface area contributed by atoms with Gasteiger partial charge in [0.15, 0.2) is 52.1 Å². The number of nitrogens with one attached hydrogen (secondary N) is 8.